The highest BCUT2D eigenvalue weighted by Gasteiger charge is 2.43. The highest BCUT2D eigenvalue weighted by Crippen LogP contribution is 2.46. The molecule has 1 aliphatic rings. The first-order valence-electron chi connectivity index (χ1n) is 9.59. The lowest BCUT2D eigenvalue weighted by Crippen LogP contribution is -2.43. The van der Waals surface area contributed by atoms with Gasteiger partial charge in [0.15, 0.2) is 0 Å². The minimum Gasteiger partial charge on any atom is -0.389 e. The smallest absolute Gasteiger partial charge is 0.294 e. The van der Waals surface area contributed by atoms with Crippen molar-refractivity contribution in [2.75, 3.05) is 0 Å². The number of hydrogen-bond donors (Lipinski definition) is 2. The summed E-state index contributed by atoms with van der Waals surface area (Å²) in [7, 11) is -4.27. The van der Waals surface area contributed by atoms with Crippen LogP contribution in [-0.2, 0) is 23.0 Å². The predicted molar refractivity (Wildman–Crippen MR) is 107 cm³/mol. The Labute approximate surface area is 166 Å². The normalized spacial score (nSPS) is 22.3. The Hall–Kier alpha value is -1.76. The zero-order valence-corrected chi connectivity index (χ0v) is 17.3. The summed E-state index contributed by atoms with van der Waals surface area (Å²) in [5, 5.41) is 11.5. The number of benzene rings is 2. The highest BCUT2D eigenvalue weighted by atomic mass is 32.2. The molecule has 1 aliphatic carbocycles. The van der Waals surface area contributed by atoms with Gasteiger partial charge in [0, 0.05) is 5.92 Å². The summed E-state index contributed by atoms with van der Waals surface area (Å²) in [5.41, 5.74) is 2.69. The fourth-order valence-corrected chi connectivity index (χ4v) is 5.11. The largest absolute Gasteiger partial charge is 0.389 e. The summed E-state index contributed by atoms with van der Waals surface area (Å²) >= 11 is 0. The number of halogens is 1. The van der Waals surface area contributed by atoms with Gasteiger partial charge in [-0.05, 0) is 85.0 Å². The van der Waals surface area contributed by atoms with Gasteiger partial charge in [-0.15, -0.1) is 0 Å². The highest BCUT2D eigenvalue weighted by molar-refractivity contribution is 7.85. The molecule has 2 N–H and O–H groups in total. The van der Waals surface area contributed by atoms with Crippen LogP contribution < -0.4 is 0 Å². The summed E-state index contributed by atoms with van der Waals surface area (Å²) < 4.78 is 45.8. The molecule has 152 valence electrons. The number of rotatable bonds is 5. The van der Waals surface area contributed by atoms with Crippen LogP contribution in [0.2, 0.25) is 0 Å². The van der Waals surface area contributed by atoms with Gasteiger partial charge in [-0.3, -0.25) is 4.55 Å². The molecule has 0 bridgehead atoms. The lowest BCUT2D eigenvalue weighted by Gasteiger charge is -2.44. The van der Waals surface area contributed by atoms with E-state index in [-0.39, 0.29) is 22.5 Å². The Bertz CT molecular complexity index is 984. The number of fused-ring (bicyclic) bond motifs is 1. The van der Waals surface area contributed by atoms with Gasteiger partial charge in [0.25, 0.3) is 10.1 Å². The van der Waals surface area contributed by atoms with Gasteiger partial charge < -0.3 is 5.11 Å². The van der Waals surface area contributed by atoms with E-state index in [4.69, 9.17) is 0 Å². The van der Waals surface area contributed by atoms with Crippen LogP contribution >= 0.6 is 0 Å². The van der Waals surface area contributed by atoms with E-state index >= 15 is 0 Å². The third-order valence-corrected chi connectivity index (χ3v) is 6.81. The Kier molecular flexibility index (Phi) is 5.67. The van der Waals surface area contributed by atoms with E-state index in [1.54, 1.807) is 18.2 Å². The fraction of sp³-hybridized carbons (Fsp3) is 0.455. The zero-order valence-electron chi connectivity index (χ0n) is 16.4. The molecule has 2 aromatic rings. The second-order valence-electron chi connectivity index (χ2n) is 8.23. The van der Waals surface area contributed by atoms with Gasteiger partial charge in [0.1, 0.15) is 5.82 Å². The van der Waals surface area contributed by atoms with Crippen LogP contribution in [0.4, 0.5) is 4.39 Å². The van der Waals surface area contributed by atoms with Crippen LogP contribution in [0.1, 0.15) is 54.9 Å². The molecule has 4 nitrogen and oxygen atoms in total. The lowest BCUT2D eigenvalue weighted by atomic mass is 9.65. The van der Waals surface area contributed by atoms with Crippen molar-refractivity contribution in [3.63, 3.8) is 0 Å². The van der Waals surface area contributed by atoms with Crippen molar-refractivity contribution >= 4 is 10.1 Å². The summed E-state index contributed by atoms with van der Waals surface area (Å²) in [6, 6.07) is 9.31. The van der Waals surface area contributed by atoms with Crippen LogP contribution in [0.15, 0.2) is 41.3 Å². The standard InChI is InChI=1S/C22H27FO4S/c1-14(2)21-20-7-5-18(23)12-17(20)9-11-22(21,24)10-8-16-13-19(28(25,26)27)6-4-15(16)3/h4-7,12-14,21,24H,8-11H2,1-3H3,(H,25,26,27)/t21-,22-/m1/s1. The first-order valence-corrected chi connectivity index (χ1v) is 11.0. The Balaban J connectivity index is 1.90. The van der Waals surface area contributed by atoms with E-state index < -0.39 is 15.7 Å². The van der Waals surface area contributed by atoms with Crippen molar-refractivity contribution in [3.8, 4) is 0 Å². The molecule has 6 heteroatoms. The molecule has 0 aliphatic heterocycles. The number of aliphatic hydroxyl groups is 1. The molecule has 28 heavy (non-hydrogen) atoms. The van der Waals surface area contributed by atoms with Crippen molar-refractivity contribution in [1.82, 2.24) is 0 Å². The van der Waals surface area contributed by atoms with Crippen LogP contribution in [0, 0.1) is 18.7 Å². The lowest BCUT2D eigenvalue weighted by molar-refractivity contribution is -0.0244. The molecule has 0 heterocycles. The van der Waals surface area contributed by atoms with Crippen molar-refractivity contribution in [3.05, 3.63) is 64.5 Å². The van der Waals surface area contributed by atoms with Crippen LogP contribution in [0.3, 0.4) is 0 Å². The molecule has 0 spiro atoms. The van der Waals surface area contributed by atoms with Gasteiger partial charge in [-0.2, -0.15) is 8.42 Å². The Morgan fingerprint density at radius 1 is 1.21 bits per heavy atom. The van der Waals surface area contributed by atoms with E-state index in [1.807, 2.05) is 6.92 Å². The van der Waals surface area contributed by atoms with Crippen molar-refractivity contribution in [1.29, 1.82) is 0 Å². The fourth-order valence-electron chi connectivity index (χ4n) is 4.58. The van der Waals surface area contributed by atoms with Gasteiger partial charge in [0.2, 0.25) is 0 Å². The Morgan fingerprint density at radius 3 is 2.57 bits per heavy atom. The third kappa shape index (κ3) is 4.14. The molecule has 3 rings (SSSR count). The maximum Gasteiger partial charge on any atom is 0.294 e. The van der Waals surface area contributed by atoms with Crippen LogP contribution in [-0.4, -0.2) is 23.7 Å². The molecule has 0 fully saturated rings. The number of aryl methyl sites for hydroxylation is 3. The van der Waals surface area contributed by atoms with Gasteiger partial charge >= 0.3 is 0 Å². The maximum atomic E-state index is 13.6. The van der Waals surface area contributed by atoms with E-state index in [2.05, 4.69) is 13.8 Å². The van der Waals surface area contributed by atoms with Crippen molar-refractivity contribution in [2.24, 2.45) is 5.92 Å². The zero-order chi connectivity index (χ0) is 20.7. The summed E-state index contributed by atoms with van der Waals surface area (Å²) in [4.78, 5) is -0.134. The molecule has 0 unspecified atom stereocenters. The first-order chi connectivity index (χ1) is 13.0. The molecule has 0 radical (unpaired) electrons. The number of hydrogen-bond acceptors (Lipinski definition) is 3. The molecular weight excluding hydrogens is 379 g/mol. The van der Waals surface area contributed by atoms with Crippen LogP contribution in [0.5, 0.6) is 0 Å². The van der Waals surface area contributed by atoms with Gasteiger partial charge in [0.05, 0.1) is 10.5 Å². The monoisotopic (exact) mass is 406 g/mol. The maximum absolute atomic E-state index is 13.6. The van der Waals surface area contributed by atoms with E-state index in [9.17, 15) is 22.5 Å². The molecule has 2 atom stereocenters. The quantitative estimate of drug-likeness (QED) is 0.721. The minimum absolute atomic E-state index is 0.123. The van der Waals surface area contributed by atoms with Gasteiger partial charge in [-0.1, -0.05) is 26.0 Å². The van der Waals surface area contributed by atoms with Gasteiger partial charge in [-0.25, -0.2) is 4.39 Å². The second-order valence-corrected chi connectivity index (χ2v) is 9.65. The molecule has 0 saturated carbocycles. The molecule has 0 saturated heterocycles. The first kappa shape index (κ1) is 21.0. The third-order valence-electron chi connectivity index (χ3n) is 5.96. The summed E-state index contributed by atoms with van der Waals surface area (Å²) in [6.07, 6.45) is 2.09. The van der Waals surface area contributed by atoms with E-state index in [1.165, 1.54) is 18.2 Å². The SMILES string of the molecule is Cc1ccc(S(=O)(=O)O)cc1CC[C@@]1(O)CCc2cc(F)ccc2[C@H]1C(C)C. The van der Waals surface area contributed by atoms with Crippen molar-refractivity contribution < 1.29 is 22.5 Å². The summed E-state index contributed by atoms with van der Waals surface area (Å²) in [5.74, 6) is -0.217. The molecule has 2 aromatic carbocycles. The topological polar surface area (TPSA) is 74.6 Å². The van der Waals surface area contributed by atoms with E-state index in [0.717, 1.165) is 22.3 Å². The summed E-state index contributed by atoms with van der Waals surface area (Å²) in [6.45, 7) is 5.99. The Morgan fingerprint density at radius 2 is 1.93 bits per heavy atom. The minimum atomic E-state index is -4.27. The second kappa shape index (κ2) is 7.58. The molecule has 0 amide bonds. The van der Waals surface area contributed by atoms with Crippen molar-refractivity contribution in [2.45, 2.75) is 62.9 Å². The van der Waals surface area contributed by atoms with E-state index in [0.29, 0.717) is 25.7 Å². The molecule has 0 aromatic heterocycles. The predicted octanol–water partition coefficient (Wildman–Crippen LogP) is 4.43. The van der Waals surface area contributed by atoms with Crippen LogP contribution in [0.25, 0.3) is 0 Å². The molecular formula is C22H27FO4S. The average Bonchev–Trinajstić information content (AvgIpc) is 2.60. The average molecular weight is 407 g/mol.